The van der Waals surface area contributed by atoms with Crippen LogP contribution in [0.15, 0.2) is 26.4 Å². The average molecular weight is 408 g/mol. The summed E-state index contributed by atoms with van der Waals surface area (Å²) in [6.45, 7) is 6.35. The van der Waals surface area contributed by atoms with E-state index in [1.807, 2.05) is 12.3 Å². The van der Waals surface area contributed by atoms with Crippen molar-refractivity contribution in [3.63, 3.8) is 0 Å². The van der Waals surface area contributed by atoms with E-state index in [1.54, 1.807) is 6.92 Å². The second kappa shape index (κ2) is 6.73. The number of carbonyl (C=O) groups is 2. The van der Waals surface area contributed by atoms with Crippen LogP contribution in [0, 0.1) is 11.8 Å². The summed E-state index contributed by atoms with van der Waals surface area (Å²) < 4.78 is 0.759. The molecule has 144 valence electrons. The van der Waals surface area contributed by atoms with Crippen molar-refractivity contribution in [3.05, 3.63) is 27.8 Å². The van der Waals surface area contributed by atoms with E-state index in [-0.39, 0.29) is 23.6 Å². The number of aliphatic hydroxyl groups is 1. The number of rotatable bonds is 5. The number of hydrogen-bond donors (Lipinski definition) is 3. The lowest BCUT2D eigenvalue weighted by Crippen LogP contribution is -2.63. The van der Waals surface area contributed by atoms with Crippen LogP contribution < -0.4 is 5.32 Å². The third-order valence-corrected chi connectivity index (χ3v) is 7.61. The first-order valence-electron chi connectivity index (χ1n) is 8.86. The van der Waals surface area contributed by atoms with Crippen LogP contribution in [0.2, 0.25) is 0 Å². The number of aromatic nitrogens is 1. The van der Waals surface area contributed by atoms with Gasteiger partial charge in [-0.2, -0.15) is 0 Å². The maximum Gasteiger partial charge on any atom is 0.353 e. The van der Waals surface area contributed by atoms with Gasteiger partial charge in [0.2, 0.25) is 5.91 Å². The van der Waals surface area contributed by atoms with Gasteiger partial charge < -0.3 is 20.4 Å². The van der Waals surface area contributed by atoms with Gasteiger partial charge in [0, 0.05) is 28.8 Å². The minimum atomic E-state index is -1.11. The number of β-lactam (4-membered cyclic amide) rings is 1. The van der Waals surface area contributed by atoms with E-state index in [1.165, 1.54) is 28.0 Å². The van der Waals surface area contributed by atoms with Crippen LogP contribution in [-0.2, 0) is 9.59 Å². The molecule has 4 heterocycles. The Labute approximate surface area is 165 Å². The summed E-state index contributed by atoms with van der Waals surface area (Å²) in [7, 11) is 0. The molecule has 1 aromatic rings. The number of carbonyl (C=O) groups excluding carboxylic acids is 1. The Balaban J connectivity index is 1.62. The highest BCUT2D eigenvalue weighted by molar-refractivity contribution is 8.04. The van der Waals surface area contributed by atoms with Crippen molar-refractivity contribution >= 4 is 40.5 Å². The van der Waals surface area contributed by atoms with Crippen molar-refractivity contribution in [1.29, 1.82) is 0 Å². The fourth-order valence-corrected chi connectivity index (χ4v) is 6.18. The first kappa shape index (κ1) is 18.7. The minimum Gasteiger partial charge on any atom is -0.477 e. The van der Waals surface area contributed by atoms with Crippen molar-refractivity contribution in [2.24, 2.45) is 11.8 Å². The van der Waals surface area contributed by atoms with Gasteiger partial charge in [0.05, 0.1) is 23.8 Å². The third-order valence-electron chi connectivity index (χ3n) is 5.39. The van der Waals surface area contributed by atoms with E-state index in [0.717, 1.165) is 22.2 Å². The Bertz CT molecular complexity index is 876. The van der Waals surface area contributed by atoms with Crippen LogP contribution >= 0.6 is 23.1 Å². The molecular formula is C18H21N3O4S2. The molecule has 5 atom stereocenters. The lowest BCUT2D eigenvalue weighted by molar-refractivity contribution is -0.163. The van der Waals surface area contributed by atoms with Gasteiger partial charge in [-0.15, -0.1) is 11.3 Å². The lowest BCUT2D eigenvalue weighted by atomic mass is 9.79. The smallest absolute Gasteiger partial charge is 0.353 e. The molecular weight excluding hydrogens is 386 g/mol. The number of carboxylic acids is 1. The van der Waals surface area contributed by atoms with Crippen molar-refractivity contribution in [1.82, 2.24) is 15.2 Å². The minimum absolute atomic E-state index is 0.0338. The Kier molecular flexibility index (Phi) is 4.66. The third kappa shape index (κ3) is 2.93. The number of hydrogen-bond acceptors (Lipinski definition) is 7. The van der Waals surface area contributed by atoms with Crippen molar-refractivity contribution in [2.75, 3.05) is 6.54 Å². The Hall–Kier alpha value is -1.68. The number of thiazole rings is 1. The van der Waals surface area contributed by atoms with Gasteiger partial charge in [-0.05, 0) is 19.4 Å². The highest BCUT2D eigenvalue weighted by Gasteiger charge is 2.60. The van der Waals surface area contributed by atoms with Gasteiger partial charge in [-0.3, -0.25) is 4.79 Å². The zero-order valence-electron chi connectivity index (χ0n) is 15.2. The zero-order valence-corrected chi connectivity index (χ0v) is 16.8. The molecule has 3 aliphatic rings. The predicted molar refractivity (Wildman–Crippen MR) is 103 cm³/mol. The molecule has 1 amide bonds. The second-order valence-electron chi connectivity index (χ2n) is 7.23. The van der Waals surface area contributed by atoms with Crippen LogP contribution in [0.4, 0.5) is 0 Å². The van der Waals surface area contributed by atoms with E-state index < -0.39 is 18.0 Å². The fraction of sp³-hybridized carbons (Fsp3) is 0.500. The number of thioether (sulfide) groups is 1. The Morgan fingerprint density at radius 2 is 2.22 bits per heavy atom. The van der Waals surface area contributed by atoms with E-state index in [0.29, 0.717) is 10.9 Å². The molecule has 0 bridgehead atoms. The number of aliphatic hydroxyl groups excluding tert-OH is 1. The Morgan fingerprint density at radius 1 is 1.48 bits per heavy atom. The summed E-state index contributed by atoms with van der Waals surface area (Å²) in [5.41, 5.74) is 2.08. The maximum atomic E-state index is 12.4. The molecule has 1 fully saturated rings. The molecule has 0 aliphatic carbocycles. The first-order valence-corrected chi connectivity index (χ1v) is 10.6. The van der Waals surface area contributed by atoms with E-state index in [9.17, 15) is 19.8 Å². The molecule has 1 saturated heterocycles. The molecule has 0 radical (unpaired) electrons. The number of carboxylic acid groups (broad SMARTS) is 1. The van der Waals surface area contributed by atoms with Crippen molar-refractivity contribution in [3.8, 4) is 0 Å². The van der Waals surface area contributed by atoms with E-state index in [2.05, 4.69) is 23.3 Å². The van der Waals surface area contributed by atoms with Crippen molar-refractivity contribution in [2.45, 2.75) is 43.3 Å². The monoisotopic (exact) mass is 407 g/mol. The van der Waals surface area contributed by atoms with Gasteiger partial charge in [0.1, 0.15) is 5.70 Å². The molecule has 1 unspecified atom stereocenters. The summed E-state index contributed by atoms with van der Waals surface area (Å²) in [6, 6.07) is 0.0222. The summed E-state index contributed by atoms with van der Waals surface area (Å²) in [6.07, 6.45) is 1.34. The van der Waals surface area contributed by atoms with Gasteiger partial charge in [0.15, 0.2) is 4.34 Å². The van der Waals surface area contributed by atoms with Crippen molar-refractivity contribution < 1.29 is 19.8 Å². The molecule has 7 nitrogen and oxygen atoms in total. The standard InChI is InChI=1S/C18H21N3O4S2/c1-7-4-10(5-19-7)11-6-26-18(20-11)27-15-8(2)13-12(9(3)22)16(23)21(13)14(15)17(24)25/h4,6-9,12-13,19,22H,5H2,1-3H3,(H,24,25)/t7-,8+,9+,12+,13?/m0/s1. The molecule has 9 heteroatoms. The van der Waals surface area contributed by atoms with Crippen LogP contribution in [0.5, 0.6) is 0 Å². The highest BCUT2D eigenvalue weighted by Crippen LogP contribution is 2.52. The largest absolute Gasteiger partial charge is 0.477 e. The molecule has 4 rings (SSSR count). The fourth-order valence-electron chi connectivity index (χ4n) is 4.07. The van der Waals surface area contributed by atoms with Gasteiger partial charge in [-0.1, -0.05) is 24.8 Å². The normalized spacial score (nSPS) is 31.0. The average Bonchev–Trinajstić information content (AvgIpc) is 3.27. The summed E-state index contributed by atoms with van der Waals surface area (Å²) >= 11 is 2.80. The SMILES string of the molecule is C[C@H]1C=C(c2csc(SC3=C(C(=O)O)N4C(=O)[C@H]([C@@H](C)O)C4[C@H]3C)n2)CN1. The number of fused-ring (bicyclic) bond motifs is 1. The van der Waals surface area contributed by atoms with Crippen LogP contribution in [-0.4, -0.2) is 56.7 Å². The van der Waals surface area contributed by atoms with E-state index >= 15 is 0 Å². The first-order chi connectivity index (χ1) is 12.8. The lowest BCUT2D eigenvalue weighted by Gasteiger charge is -2.46. The van der Waals surface area contributed by atoms with Crippen LogP contribution in [0.1, 0.15) is 26.5 Å². The molecule has 0 saturated carbocycles. The van der Waals surface area contributed by atoms with Gasteiger partial charge >= 0.3 is 5.97 Å². The summed E-state index contributed by atoms with van der Waals surface area (Å²) in [5.74, 6) is -2.13. The summed E-state index contributed by atoms with van der Waals surface area (Å²) in [4.78, 5) is 30.9. The molecule has 27 heavy (non-hydrogen) atoms. The molecule has 3 N–H and O–H groups in total. The zero-order chi connectivity index (χ0) is 19.5. The second-order valence-corrected chi connectivity index (χ2v) is 9.38. The molecule has 3 aliphatic heterocycles. The summed E-state index contributed by atoms with van der Waals surface area (Å²) in [5, 5.41) is 24.9. The van der Waals surface area contributed by atoms with Crippen LogP contribution in [0.3, 0.4) is 0 Å². The topological polar surface area (TPSA) is 103 Å². The predicted octanol–water partition coefficient (Wildman–Crippen LogP) is 1.76. The number of amides is 1. The molecule has 1 aromatic heterocycles. The molecule has 0 spiro atoms. The van der Waals surface area contributed by atoms with Gasteiger partial charge in [-0.25, -0.2) is 9.78 Å². The number of nitrogens with one attached hydrogen (secondary N) is 1. The van der Waals surface area contributed by atoms with Gasteiger partial charge in [0.25, 0.3) is 0 Å². The maximum absolute atomic E-state index is 12.4. The number of nitrogens with zero attached hydrogens (tertiary/aromatic N) is 2. The van der Waals surface area contributed by atoms with E-state index in [4.69, 9.17) is 0 Å². The van der Waals surface area contributed by atoms with Crippen LogP contribution in [0.25, 0.3) is 5.57 Å². The quantitative estimate of drug-likeness (QED) is 0.639. The number of aliphatic carboxylic acids is 1. The highest BCUT2D eigenvalue weighted by atomic mass is 32.2. The Morgan fingerprint density at radius 3 is 2.81 bits per heavy atom. The molecule has 0 aromatic carbocycles.